The molecule has 0 aliphatic carbocycles. The summed E-state index contributed by atoms with van der Waals surface area (Å²) in [5.41, 5.74) is 2.41. The number of anilines is 3. The highest BCUT2D eigenvalue weighted by Gasteiger charge is 2.23. The summed E-state index contributed by atoms with van der Waals surface area (Å²) in [6.45, 7) is 0.656. The molecule has 2 aromatic carbocycles. The molecule has 0 bridgehead atoms. The third kappa shape index (κ3) is 4.38. The Balaban J connectivity index is 1.63. The van der Waals surface area contributed by atoms with E-state index in [9.17, 15) is 4.79 Å². The summed E-state index contributed by atoms with van der Waals surface area (Å²) in [4.78, 5) is 12.0. The smallest absolute Gasteiger partial charge is 0.253 e. The van der Waals surface area contributed by atoms with Crippen LogP contribution in [-0.2, 0) is 9.53 Å². The standard InChI is InChI=1S/C17H16Cl2N2O2/c18-11-8-12(19)10-15(9-11)20-13-3-5-14(6-4-13)21-17(22)16-2-1-7-23-16/h3-6,8-10,16,20H,1-2,7H2,(H,21,22). The van der Waals surface area contributed by atoms with Gasteiger partial charge in [0.25, 0.3) is 5.91 Å². The Morgan fingerprint density at radius 3 is 2.26 bits per heavy atom. The molecular weight excluding hydrogens is 335 g/mol. The maximum absolute atomic E-state index is 12.0. The van der Waals surface area contributed by atoms with Crippen LogP contribution in [0.25, 0.3) is 0 Å². The minimum Gasteiger partial charge on any atom is -0.368 e. The highest BCUT2D eigenvalue weighted by Crippen LogP contribution is 2.26. The average molecular weight is 351 g/mol. The van der Waals surface area contributed by atoms with E-state index in [1.54, 1.807) is 18.2 Å². The Hall–Kier alpha value is -1.75. The van der Waals surface area contributed by atoms with Crippen molar-refractivity contribution in [3.63, 3.8) is 0 Å². The van der Waals surface area contributed by atoms with Crippen molar-refractivity contribution in [2.24, 2.45) is 0 Å². The average Bonchev–Trinajstić information content (AvgIpc) is 3.02. The Morgan fingerprint density at radius 1 is 1.00 bits per heavy atom. The van der Waals surface area contributed by atoms with Crippen LogP contribution < -0.4 is 10.6 Å². The fraction of sp³-hybridized carbons (Fsp3) is 0.235. The number of carbonyl (C=O) groups is 1. The van der Waals surface area contributed by atoms with E-state index in [1.807, 2.05) is 24.3 Å². The van der Waals surface area contributed by atoms with Crippen LogP contribution in [-0.4, -0.2) is 18.6 Å². The lowest BCUT2D eigenvalue weighted by Gasteiger charge is -2.12. The number of amides is 1. The van der Waals surface area contributed by atoms with Crippen LogP contribution in [0.4, 0.5) is 17.1 Å². The molecule has 2 N–H and O–H groups in total. The van der Waals surface area contributed by atoms with Gasteiger partial charge in [0.15, 0.2) is 0 Å². The molecule has 1 heterocycles. The lowest BCUT2D eigenvalue weighted by atomic mass is 10.2. The van der Waals surface area contributed by atoms with Gasteiger partial charge in [-0.15, -0.1) is 0 Å². The van der Waals surface area contributed by atoms with Gasteiger partial charge < -0.3 is 15.4 Å². The quantitative estimate of drug-likeness (QED) is 0.828. The molecule has 3 rings (SSSR count). The van der Waals surface area contributed by atoms with Crippen LogP contribution in [0.2, 0.25) is 10.0 Å². The first-order valence-electron chi connectivity index (χ1n) is 7.36. The van der Waals surface area contributed by atoms with Gasteiger partial charge in [-0.3, -0.25) is 4.79 Å². The molecule has 0 saturated carbocycles. The topological polar surface area (TPSA) is 50.4 Å². The maximum Gasteiger partial charge on any atom is 0.253 e. The Labute approximate surface area is 144 Å². The van der Waals surface area contributed by atoms with Crippen molar-refractivity contribution < 1.29 is 9.53 Å². The third-order valence-corrected chi connectivity index (χ3v) is 3.96. The van der Waals surface area contributed by atoms with Crippen molar-refractivity contribution in [2.75, 3.05) is 17.2 Å². The third-order valence-electron chi connectivity index (χ3n) is 3.53. The van der Waals surface area contributed by atoms with Gasteiger partial charge in [-0.25, -0.2) is 0 Å². The van der Waals surface area contributed by atoms with Crippen molar-refractivity contribution in [1.82, 2.24) is 0 Å². The van der Waals surface area contributed by atoms with Gasteiger partial charge in [-0.2, -0.15) is 0 Å². The fourth-order valence-corrected chi connectivity index (χ4v) is 2.96. The van der Waals surface area contributed by atoms with Crippen LogP contribution in [0.3, 0.4) is 0 Å². The zero-order valence-electron chi connectivity index (χ0n) is 12.3. The van der Waals surface area contributed by atoms with Gasteiger partial charge in [0.2, 0.25) is 0 Å². The predicted molar refractivity (Wildman–Crippen MR) is 93.8 cm³/mol. The summed E-state index contributed by atoms with van der Waals surface area (Å²) >= 11 is 12.0. The first kappa shape index (κ1) is 16.1. The van der Waals surface area contributed by atoms with E-state index in [0.29, 0.717) is 16.7 Å². The molecule has 1 amide bonds. The van der Waals surface area contributed by atoms with E-state index >= 15 is 0 Å². The van der Waals surface area contributed by atoms with Crippen LogP contribution in [0, 0.1) is 0 Å². The fourth-order valence-electron chi connectivity index (χ4n) is 2.44. The summed E-state index contributed by atoms with van der Waals surface area (Å²) in [6.07, 6.45) is 1.38. The zero-order valence-corrected chi connectivity index (χ0v) is 13.8. The number of carbonyl (C=O) groups excluding carboxylic acids is 1. The van der Waals surface area contributed by atoms with Crippen molar-refractivity contribution in [3.8, 4) is 0 Å². The molecule has 6 heteroatoms. The zero-order chi connectivity index (χ0) is 16.2. The minimum absolute atomic E-state index is 0.0927. The number of rotatable bonds is 4. The monoisotopic (exact) mass is 350 g/mol. The second-order valence-corrected chi connectivity index (χ2v) is 6.22. The van der Waals surface area contributed by atoms with Crippen molar-refractivity contribution in [1.29, 1.82) is 0 Å². The first-order valence-corrected chi connectivity index (χ1v) is 8.11. The molecule has 4 nitrogen and oxygen atoms in total. The van der Waals surface area contributed by atoms with Crippen molar-refractivity contribution in [2.45, 2.75) is 18.9 Å². The van der Waals surface area contributed by atoms with Gasteiger partial charge in [0, 0.05) is 33.7 Å². The Kier molecular flexibility index (Phi) is 5.06. The second-order valence-electron chi connectivity index (χ2n) is 5.35. The van der Waals surface area contributed by atoms with Gasteiger partial charge in [-0.05, 0) is 55.3 Å². The van der Waals surface area contributed by atoms with Crippen LogP contribution in [0.5, 0.6) is 0 Å². The molecule has 1 atom stereocenters. The summed E-state index contributed by atoms with van der Waals surface area (Å²) in [5, 5.41) is 7.21. The van der Waals surface area contributed by atoms with E-state index in [2.05, 4.69) is 10.6 Å². The molecular formula is C17H16Cl2N2O2. The highest BCUT2D eigenvalue weighted by atomic mass is 35.5. The molecule has 1 saturated heterocycles. The molecule has 1 fully saturated rings. The molecule has 1 aliphatic rings. The maximum atomic E-state index is 12.0. The van der Waals surface area contributed by atoms with Gasteiger partial charge >= 0.3 is 0 Å². The lowest BCUT2D eigenvalue weighted by molar-refractivity contribution is -0.124. The SMILES string of the molecule is O=C(Nc1ccc(Nc2cc(Cl)cc(Cl)c2)cc1)C1CCCO1. The lowest BCUT2D eigenvalue weighted by Crippen LogP contribution is -2.26. The number of hydrogen-bond acceptors (Lipinski definition) is 3. The van der Waals surface area contributed by atoms with Crippen LogP contribution in [0.15, 0.2) is 42.5 Å². The molecule has 0 radical (unpaired) electrons. The normalized spacial score (nSPS) is 17.0. The molecule has 0 aromatic heterocycles. The molecule has 1 unspecified atom stereocenters. The van der Waals surface area contributed by atoms with Crippen molar-refractivity contribution >= 4 is 46.2 Å². The van der Waals surface area contributed by atoms with E-state index in [-0.39, 0.29) is 12.0 Å². The number of hydrogen-bond donors (Lipinski definition) is 2. The molecule has 0 spiro atoms. The molecule has 23 heavy (non-hydrogen) atoms. The van der Waals surface area contributed by atoms with Crippen molar-refractivity contribution in [3.05, 3.63) is 52.5 Å². The summed E-state index contributed by atoms with van der Waals surface area (Å²) in [7, 11) is 0. The van der Waals surface area contributed by atoms with E-state index < -0.39 is 0 Å². The number of halogens is 2. The summed E-state index contributed by atoms with van der Waals surface area (Å²) in [6, 6.07) is 12.7. The second kappa shape index (κ2) is 7.21. The number of benzene rings is 2. The van der Waals surface area contributed by atoms with Crippen LogP contribution >= 0.6 is 23.2 Å². The first-order chi connectivity index (χ1) is 11.1. The van der Waals surface area contributed by atoms with Crippen LogP contribution in [0.1, 0.15) is 12.8 Å². The number of ether oxygens (including phenoxy) is 1. The van der Waals surface area contributed by atoms with E-state index in [1.165, 1.54) is 0 Å². The van der Waals surface area contributed by atoms with Gasteiger partial charge in [0.1, 0.15) is 6.10 Å². The summed E-state index contributed by atoms with van der Waals surface area (Å²) in [5.74, 6) is -0.0927. The highest BCUT2D eigenvalue weighted by molar-refractivity contribution is 6.35. The minimum atomic E-state index is -0.332. The molecule has 2 aromatic rings. The number of nitrogens with one attached hydrogen (secondary N) is 2. The van der Waals surface area contributed by atoms with Gasteiger partial charge in [-0.1, -0.05) is 23.2 Å². The Bertz CT molecular complexity index is 678. The molecule has 1 aliphatic heterocycles. The largest absolute Gasteiger partial charge is 0.368 e. The van der Waals surface area contributed by atoms with E-state index in [0.717, 1.165) is 29.9 Å². The van der Waals surface area contributed by atoms with E-state index in [4.69, 9.17) is 27.9 Å². The Morgan fingerprint density at radius 2 is 1.65 bits per heavy atom. The summed E-state index contributed by atoms with van der Waals surface area (Å²) < 4.78 is 5.36. The predicted octanol–water partition coefficient (Wildman–Crippen LogP) is 4.85. The molecule has 120 valence electrons. The van der Waals surface area contributed by atoms with Gasteiger partial charge in [0.05, 0.1) is 0 Å².